The molecule has 0 aromatic rings. The predicted octanol–water partition coefficient (Wildman–Crippen LogP) is 3.23. The van der Waals surface area contributed by atoms with E-state index in [0.29, 0.717) is 12.8 Å². The zero-order chi connectivity index (χ0) is 10.0. The summed E-state index contributed by atoms with van der Waals surface area (Å²) in [5.74, 6) is -3.06. The molecule has 1 N–H and O–H groups in total. The molecule has 0 aromatic heterocycles. The van der Waals surface area contributed by atoms with Crippen LogP contribution in [0.2, 0.25) is 0 Å². The Morgan fingerprint density at radius 1 is 0.867 bits per heavy atom. The summed E-state index contributed by atoms with van der Waals surface area (Å²) in [5.41, 5.74) is 0. The number of hydrogen-bond acceptors (Lipinski definition) is 1. The lowest BCUT2D eigenvalue weighted by Gasteiger charge is -2.34. The number of hydrogen-bond donors (Lipinski definition) is 1. The van der Waals surface area contributed by atoms with Gasteiger partial charge in [0.15, 0.2) is 0 Å². The lowest BCUT2D eigenvalue weighted by molar-refractivity contribution is -0.115. The maximum atomic E-state index is 14.0. The van der Waals surface area contributed by atoms with Crippen LogP contribution in [0.1, 0.15) is 38.5 Å². The normalized spacial score (nSPS) is 25.2. The first-order chi connectivity index (χ1) is 6.71. The molecule has 90 valence electrons. The van der Waals surface area contributed by atoms with Crippen molar-refractivity contribution in [2.24, 2.45) is 11.8 Å². The zero-order valence-corrected chi connectivity index (χ0v) is 9.79. The molecular formula is C11H20ClF2N. The molecule has 2 rings (SSSR count). The quantitative estimate of drug-likeness (QED) is 0.780. The fraction of sp³-hybridized carbons (Fsp3) is 1.00. The van der Waals surface area contributed by atoms with Gasteiger partial charge in [-0.3, -0.25) is 0 Å². The largest absolute Gasteiger partial charge is 0.317 e. The number of piperidine rings is 1. The van der Waals surface area contributed by atoms with E-state index in [9.17, 15) is 8.78 Å². The Labute approximate surface area is 96.4 Å². The molecule has 1 nitrogen and oxygen atoms in total. The molecule has 0 atom stereocenters. The second-order valence-electron chi connectivity index (χ2n) is 4.68. The highest BCUT2D eigenvalue weighted by molar-refractivity contribution is 5.85. The molecule has 0 radical (unpaired) electrons. The lowest BCUT2D eigenvalue weighted by Crippen LogP contribution is -2.42. The summed E-state index contributed by atoms with van der Waals surface area (Å²) in [6.45, 7) is 1.54. The zero-order valence-electron chi connectivity index (χ0n) is 8.98. The molecule has 0 aromatic carbocycles. The topological polar surface area (TPSA) is 12.0 Å². The molecule has 1 aliphatic carbocycles. The molecule has 2 aliphatic rings. The van der Waals surface area contributed by atoms with Crippen molar-refractivity contribution < 1.29 is 8.78 Å². The third kappa shape index (κ3) is 2.82. The van der Waals surface area contributed by atoms with Crippen molar-refractivity contribution in [2.75, 3.05) is 13.1 Å². The minimum atomic E-state index is -2.39. The van der Waals surface area contributed by atoms with Crippen molar-refractivity contribution >= 4 is 12.4 Å². The minimum absolute atomic E-state index is 0. The molecule has 1 saturated carbocycles. The summed E-state index contributed by atoms with van der Waals surface area (Å²) in [5, 5.41) is 3.14. The van der Waals surface area contributed by atoms with Gasteiger partial charge in [0, 0.05) is 11.8 Å². The Morgan fingerprint density at radius 2 is 1.33 bits per heavy atom. The van der Waals surface area contributed by atoms with Gasteiger partial charge < -0.3 is 5.32 Å². The van der Waals surface area contributed by atoms with Gasteiger partial charge in [-0.2, -0.15) is 0 Å². The van der Waals surface area contributed by atoms with E-state index in [-0.39, 0.29) is 24.2 Å². The minimum Gasteiger partial charge on any atom is -0.317 e. The van der Waals surface area contributed by atoms with Crippen molar-refractivity contribution in [3.8, 4) is 0 Å². The van der Waals surface area contributed by atoms with Gasteiger partial charge in [0.25, 0.3) is 5.92 Å². The van der Waals surface area contributed by atoms with Crippen molar-refractivity contribution in [2.45, 2.75) is 44.4 Å². The maximum absolute atomic E-state index is 14.0. The molecule has 0 unspecified atom stereocenters. The average Bonchev–Trinajstić information content (AvgIpc) is 2.72. The summed E-state index contributed by atoms with van der Waals surface area (Å²) < 4.78 is 28.0. The monoisotopic (exact) mass is 239 g/mol. The van der Waals surface area contributed by atoms with Gasteiger partial charge in [-0.15, -0.1) is 12.4 Å². The second-order valence-corrected chi connectivity index (χ2v) is 4.68. The van der Waals surface area contributed by atoms with Crippen molar-refractivity contribution in [3.05, 3.63) is 0 Å². The van der Waals surface area contributed by atoms with Gasteiger partial charge in [-0.05, 0) is 38.8 Å². The number of rotatable bonds is 2. The van der Waals surface area contributed by atoms with Crippen molar-refractivity contribution in [1.82, 2.24) is 5.32 Å². The molecular weight excluding hydrogens is 220 g/mol. The molecule has 4 heteroatoms. The Morgan fingerprint density at radius 3 is 1.87 bits per heavy atom. The van der Waals surface area contributed by atoms with Gasteiger partial charge in [0.05, 0.1) is 0 Å². The van der Waals surface area contributed by atoms with E-state index in [0.717, 1.165) is 38.8 Å². The Hall–Kier alpha value is 0.110. The molecule has 0 bridgehead atoms. The van der Waals surface area contributed by atoms with Gasteiger partial charge in [0.1, 0.15) is 0 Å². The van der Waals surface area contributed by atoms with Crippen LogP contribution in [-0.4, -0.2) is 19.0 Å². The summed E-state index contributed by atoms with van der Waals surface area (Å²) >= 11 is 0. The molecule has 1 saturated heterocycles. The van der Waals surface area contributed by atoms with Crippen molar-refractivity contribution in [1.29, 1.82) is 0 Å². The van der Waals surface area contributed by atoms with Crippen molar-refractivity contribution in [3.63, 3.8) is 0 Å². The first-order valence-electron chi connectivity index (χ1n) is 5.80. The van der Waals surface area contributed by atoms with E-state index < -0.39 is 5.92 Å². The second kappa shape index (κ2) is 5.44. The fourth-order valence-corrected chi connectivity index (χ4v) is 2.85. The molecule has 15 heavy (non-hydrogen) atoms. The van der Waals surface area contributed by atoms with E-state index in [1.54, 1.807) is 0 Å². The molecule has 1 heterocycles. The van der Waals surface area contributed by atoms with Crippen LogP contribution in [0.25, 0.3) is 0 Å². The number of nitrogens with one attached hydrogen (secondary N) is 1. The molecule has 1 aliphatic heterocycles. The lowest BCUT2D eigenvalue weighted by atomic mass is 9.83. The smallest absolute Gasteiger partial charge is 0.253 e. The van der Waals surface area contributed by atoms with Gasteiger partial charge in [-0.25, -0.2) is 8.78 Å². The summed E-state index contributed by atoms with van der Waals surface area (Å²) in [6, 6.07) is 0. The molecule has 0 spiro atoms. The van der Waals surface area contributed by atoms with E-state index in [1.165, 1.54) is 0 Å². The van der Waals surface area contributed by atoms with Crippen LogP contribution in [-0.2, 0) is 0 Å². The van der Waals surface area contributed by atoms with Crippen LogP contribution in [0, 0.1) is 11.8 Å². The number of alkyl halides is 2. The van der Waals surface area contributed by atoms with E-state index in [1.807, 2.05) is 0 Å². The Balaban J connectivity index is 0.00000112. The van der Waals surface area contributed by atoms with Crippen LogP contribution >= 0.6 is 12.4 Å². The predicted molar refractivity (Wildman–Crippen MR) is 59.7 cm³/mol. The molecule has 2 fully saturated rings. The standard InChI is InChI=1S/C11H19F2N.ClH/c12-11(13,9-3-1-2-4-9)10-5-7-14-8-6-10;/h9-10,14H,1-8H2;1H. The van der Waals surface area contributed by atoms with Gasteiger partial charge in [-0.1, -0.05) is 12.8 Å². The van der Waals surface area contributed by atoms with Crippen LogP contribution in [0.4, 0.5) is 8.78 Å². The summed E-state index contributed by atoms with van der Waals surface area (Å²) in [4.78, 5) is 0. The Kier molecular flexibility index (Phi) is 4.78. The third-order valence-corrected chi connectivity index (χ3v) is 3.78. The van der Waals surface area contributed by atoms with Crippen LogP contribution in [0.5, 0.6) is 0 Å². The highest BCUT2D eigenvalue weighted by atomic mass is 35.5. The molecule has 0 amide bonds. The summed E-state index contributed by atoms with van der Waals surface area (Å²) in [6.07, 6.45) is 4.82. The SMILES string of the molecule is Cl.FC(F)(C1CCCC1)C1CCNCC1. The first-order valence-corrected chi connectivity index (χ1v) is 5.80. The van der Waals surface area contributed by atoms with Crippen LogP contribution < -0.4 is 5.32 Å². The Bertz CT molecular complexity index is 187. The summed E-state index contributed by atoms with van der Waals surface area (Å²) in [7, 11) is 0. The van der Waals surface area contributed by atoms with Crippen LogP contribution in [0.3, 0.4) is 0 Å². The van der Waals surface area contributed by atoms with Gasteiger partial charge in [0.2, 0.25) is 0 Å². The average molecular weight is 240 g/mol. The first kappa shape index (κ1) is 13.2. The number of halogens is 3. The van der Waals surface area contributed by atoms with Crippen LogP contribution in [0.15, 0.2) is 0 Å². The highest BCUT2D eigenvalue weighted by Crippen LogP contribution is 2.44. The van der Waals surface area contributed by atoms with E-state index >= 15 is 0 Å². The third-order valence-electron chi connectivity index (χ3n) is 3.78. The fourth-order valence-electron chi connectivity index (χ4n) is 2.85. The highest BCUT2D eigenvalue weighted by Gasteiger charge is 2.47. The maximum Gasteiger partial charge on any atom is 0.253 e. The van der Waals surface area contributed by atoms with E-state index in [4.69, 9.17) is 0 Å². The van der Waals surface area contributed by atoms with Gasteiger partial charge >= 0.3 is 0 Å². The van der Waals surface area contributed by atoms with E-state index in [2.05, 4.69) is 5.32 Å².